The second-order valence-corrected chi connectivity index (χ2v) is 9.71. The van der Waals surface area contributed by atoms with Gasteiger partial charge in [-0.05, 0) is 50.7 Å². The number of piperidine rings is 1. The molecule has 0 bridgehead atoms. The van der Waals surface area contributed by atoms with Gasteiger partial charge in [0.05, 0.1) is 16.5 Å². The van der Waals surface area contributed by atoms with Gasteiger partial charge < -0.3 is 25.5 Å². The number of nitrogens with zero attached hydrogens (tertiary/aromatic N) is 2. The van der Waals surface area contributed by atoms with Gasteiger partial charge in [-0.1, -0.05) is 23.2 Å². The summed E-state index contributed by atoms with van der Waals surface area (Å²) in [5.41, 5.74) is 0.0318. The lowest BCUT2D eigenvalue weighted by Crippen LogP contribution is -2.50. The van der Waals surface area contributed by atoms with E-state index in [9.17, 15) is 19.5 Å². The van der Waals surface area contributed by atoms with Crippen molar-refractivity contribution < 1.29 is 19.5 Å². The minimum atomic E-state index is -0.448. The van der Waals surface area contributed by atoms with E-state index in [-0.39, 0.29) is 45.3 Å². The number of nitrogens with one attached hydrogen (secondary N) is 2. The van der Waals surface area contributed by atoms with Crippen LogP contribution < -0.4 is 10.6 Å². The van der Waals surface area contributed by atoms with Gasteiger partial charge in [0.2, 0.25) is 5.91 Å². The van der Waals surface area contributed by atoms with Gasteiger partial charge in [-0.3, -0.25) is 9.59 Å². The first kappa shape index (κ1) is 23.0. The molecule has 32 heavy (non-hydrogen) atoms. The minimum absolute atomic E-state index is 0.0216. The highest BCUT2D eigenvalue weighted by Crippen LogP contribution is 2.31. The molecule has 2 heterocycles. The molecule has 1 saturated carbocycles. The molecule has 0 spiro atoms. The Balaban J connectivity index is 1.24. The topological polar surface area (TPSA) is 102 Å². The number of rotatable bonds is 4. The Morgan fingerprint density at radius 2 is 1.56 bits per heavy atom. The van der Waals surface area contributed by atoms with Gasteiger partial charge in [-0.2, -0.15) is 0 Å². The summed E-state index contributed by atoms with van der Waals surface area (Å²) in [6, 6.07) is 2.89. The van der Waals surface area contributed by atoms with Gasteiger partial charge in [0.15, 0.2) is 0 Å². The average molecular weight is 483 g/mol. The molecule has 1 aromatic carbocycles. The average Bonchev–Trinajstić information content (AvgIpc) is 3.23. The van der Waals surface area contributed by atoms with E-state index in [4.69, 9.17) is 23.2 Å². The first-order valence-electron chi connectivity index (χ1n) is 11.1. The number of phenols is 1. The van der Waals surface area contributed by atoms with Crippen LogP contribution in [0.25, 0.3) is 0 Å². The maximum Gasteiger partial charge on any atom is 0.320 e. The molecular weight excluding hydrogens is 455 g/mol. The zero-order valence-corrected chi connectivity index (χ0v) is 19.3. The molecule has 0 radical (unpaired) electrons. The van der Waals surface area contributed by atoms with Crippen LogP contribution in [0.5, 0.6) is 5.75 Å². The van der Waals surface area contributed by atoms with Crippen molar-refractivity contribution in [2.24, 2.45) is 5.92 Å². The monoisotopic (exact) mass is 482 g/mol. The fourth-order valence-electron chi connectivity index (χ4n) is 4.44. The van der Waals surface area contributed by atoms with Crippen molar-refractivity contribution in [3.05, 3.63) is 27.7 Å². The Bertz CT molecular complexity index is 900. The molecule has 3 aliphatic rings. The number of amides is 4. The third-order valence-corrected chi connectivity index (χ3v) is 7.16. The maximum atomic E-state index is 12.9. The Kier molecular flexibility index (Phi) is 7.00. The summed E-state index contributed by atoms with van der Waals surface area (Å²) < 4.78 is 0. The summed E-state index contributed by atoms with van der Waals surface area (Å²) in [6.07, 6.45) is 5.18. The van der Waals surface area contributed by atoms with Crippen LogP contribution in [0.3, 0.4) is 0 Å². The second kappa shape index (κ2) is 9.75. The van der Waals surface area contributed by atoms with Crippen molar-refractivity contribution in [1.29, 1.82) is 0 Å². The van der Waals surface area contributed by atoms with Crippen LogP contribution in [-0.4, -0.2) is 71.0 Å². The number of urea groups is 1. The van der Waals surface area contributed by atoms with Gasteiger partial charge in [-0.15, -0.1) is 0 Å². The number of halogens is 2. The molecule has 174 valence electrons. The van der Waals surface area contributed by atoms with Gasteiger partial charge in [0, 0.05) is 43.3 Å². The van der Waals surface area contributed by atoms with Gasteiger partial charge in [0.25, 0.3) is 5.91 Å². The van der Waals surface area contributed by atoms with Gasteiger partial charge in [0.1, 0.15) is 5.75 Å². The third kappa shape index (κ3) is 5.07. The molecule has 4 amide bonds. The van der Waals surface area contributed by atoms with E-state index in [1.807, 2.05) is 0 Å². The predicted octanol–water partition coefficient (Wildman–Crippen LogP) is 3.00. The van der Waals surface area contributed by atoms with Crippen molar-refractivity contribution in [1.82, 2.24) is 20.4 Å². The van der Waals surface area contributed by atoms with Crippen LogP contribution in [0.15, 0.2) is 12.1 Å². The molecular formula is C22H28Cl2N4O4. The summed E-state index contributed by atoms with van der Waals surface area (Å²) in [5.74, 6) is -0.813. The van der Waals surface area contributed by atoms with E-state index in [0.29, 0.717) is 51.5 Å². The molecule has 10 heteroatoms. The van der Waals surface area contributed by atoms with Crippen LogP contribution >= 0.6 is 23.2 Å². The Labute approximate surface area is 197 Å². The summed E-state index contributed by atoms with van der Waals surface area (Å²) >= 11 is 11.8. The van der Waals surface area contributed by atoms with Crippen molar-refractivity contribution >= 4 is 41.0 Å². The third-order valence-electron chi connectivity index (χ3n) is 6.65. The number of carbonyl (C=O) groups excluding carboxylic acids is 3. The molecule has 1 atom stereocenters. The second-order valence-electron chi connectivity index (χ2n) is 8.87. The number of phenolic OH excluding ortho intramolecular Hbond substituents is 1. The number of likely N-dealkylation sites (tertiary alicyclic amines) is 2. The highest BCUT2D eigenvalue weighted by Gasteiger charge is 2.35. The zero-order chi connectivity index (χ0) is 22.8. The Hall–Kier alpha value is -2.19. The number of benzene rings is 1. The fourth-order valence-corrected chi connectivity index (χ4v) is 4.93. The Morgan fingerprint density at radius 1 is 0.906 bits per heavy atom. The molecule has 0 unspecified atom stereocenters. The lowest BCUT2D eigenvalue weighted by molar-refractivity contribution is -0.125. The molecule has 3 fully saturated rings. The number of carbonyl (C=O) groups is 3. The number of hydrogen-bond donors (Lipinski definition) is 3. The number of aromatic hydroxyl groups is 1. The molecule has 2 saturated heterocycles. The van der Waals surface area contributed by atoms with Crippen molar-refractivity contribution in [2.45, 2.75) is 50.6 Å². The fraction of sp³-hybridized carbons (Fsp3) is 0.591. The van der Waals surface area contributed by atoms with E-state index >= 15 is 0 Å². The number of hydrogen-bond acceptors (Lipinski definition) is 4. The summed E-state index contributed by atoms with van der Waals surface area (Å²) in [6.45, 7) is 2.08. The molecule has 4 rings (SSSR count). The highest BCUT2D eigenvalue weighted by atomic mass is 35.5. The van der Waals surface area contributed by atoms with Crippen LogP contribution in [0.4, 0.5) is 4.79 Å². The lowest BCUT2D eigenvalue weighted by atomic mass is 9.92. The van der Waals surface area contributed by atoms with Crippen LogP contribution in [0.2, 0.25) is 10.0 Å². The molecule has 3 N–H and O–H groups in total. The largest absolute Gasteiger partial charge is 0.506 e. The first-order chi connectivity index (χ1) is 15.3. The van der Waals surface area contributed by atoms with Crippen molar-refractivity contribution in [3.8, 4) is 5.75 Å². The minimum Gasteiger partial charge on any atom is -0.506 e. The quantitative estimate of drug-likeness (QED) is 0.613. The maximum absolute atomic E-state index is 12.9. The predicted molar refractivity (Wildman–Crippen MR) is 121 cm³/mol. The molecule has 2 aliphatic heterocycles. The van der Waals surface area contributed by atoms with Crippen molar-refractivity contribution in [2.75, 3.05) is 26.2 Å². The molecule has 0 aromatic heterocycles. The van der Waals surface area contributed by atoms with Crippen LogP contribution in [0.1, 0.15) is 48.9 Å². The van der Waals surface area contributed by atoms with Crippen LogP contribution in [0, 0.1) is 5.92 Å². The van der Waals surface area contributed by atoms with Gasteiger partial charge >= 0.3 is 6.03 Å². The van der Waals surface area contributed by atoms with Gasteiger partial charge in [-0.25, -0.2) is 4.79 Å². The lowest BCUT2D eigenvalue weighted by Gasteiger charge is -2.35. The zero-order valence-electron chi connectivity index (χ0n) is 17.8. The SMILES string of the molecule is O=C(NC1CCN(C(=O)N2CC[C@@H](C(=O)NC3CCC3)C2)CC1)c1cc(Cl)cc(Cl)c1O. The normalized spacial score (nSPS) is 21.9. The summed E-state index contributed by atoms with van der Waals surface area (Å²) in [5, 5.41) is 16.3. The summed E-state index contributed by atoms with van der Waals surface area (Å²) in [7, 11) is 0. The summed E-state index contributed by atoms with van der Waals surface area (Å²) in [4.78, 5) is 41.4. The van der Waals surface area contributed by atoms with E-state index in [1.165, 1.54) is 18.6 Å². The van der Waals surface area contributed by atoms with Crippen LogP contribution in [-0.2, 0) is 4.79 Å². The highest BCUT2D eigenvalue weighted by molar-refractivity contribution is 6.36. The standard InChI is InChI=1S/C22H28Cl2N4O4/c23-14-10-17(19(29)18(24)11-14)21(31)26-16-5-8-27(9-6-16)22(32)28-7-4-13(12-28)20(30)25-15-2-1-3-15/h10-11,13,15-16,29H,1-9,12H2,(H,25,30)(H,26,31)/t13-/m1/s1. The van der Waals surface area contributed by atoms with E-state index in [1.54, 1.807) is 9.80 Å². The molecule has 8 nitrogen and oxygen atoms in total. The molecule has 1 aliphatic carbocycles. The van der Waals surface area contributed by atoms with E-state index < -0.39 is 5.91 Å². The molecule has 1 aromatic rings. The van der Waals surface area contributed by atoms with E-state index in [2.05, 4.69) is 10.6 Å². The first-order valence-corrected chi connectivity index (χ1v) is 11.9. The Morgan fingerprint density at radius 3 is 2.22 bits per heavy atom. The van der Waals surface area contributed by atoms with E-state index in [0.717, 1.165) is 12.8 Å². The smallest absolute Gasteiger partial charge is 0.320 e. The van der Waals surface area contributed by atoms with Crippen molar-refractivity contribution in [3.63, 3.8) is 0 Å².